The Kier molecular flexibility index (Phi) is 4.79. The van der Waals surface area contributed by atoms with Crippen LogP contribution in [0, 0.1) is 0 Å². The molecule has 0 saturated carbocycles. The van der Waals surface area contributed by atoms with Crippen molar-refractivity contribution in [2.75, 3.05) is 26.2 Å². The average molecular weight is 327 g/mol. The third kappa shape index (κ3) is 3.18. The molecule has 0 bridgehead atoms. The summed E-state index contributed by atoms with van der Waals surface area (Å²) in [4.78, 5) is 0. The van der Waals surface area contributed by atoms with Crippen molar-refractivity contribution in [2.45, 2.75) is 44.4 Å². The molecule has 2 fully saturated rings. The summed E-state index contributed by atoms with van der Waals surface area (Å²) in [5.41, 5.74) is 0. The molecule has 0 unspecified atom stereocenters. The number of nitrogens with zero attached hydrogens (tertiary/aromatic N) is 5. The number of aromatic nitrogens is 3. The highest BCUT2D eigenvalue weighted by Crippen LogP contribution is 2.28. The van der Waals surface area contributed by atoms with Crippen molar-refractivity contribution < 1.29 is 8.42 Å². The molecule has 0 amide bonds. The van der Waals surface area contributed by atoms with Crippen LogP contribution in [0.25, 0.3) is 0 Å². The number of aryl methyl sites for hydroxylation is 1. The fraction of sp³-hybridized carbons (Fsp3) is 0.857. The molecular formula is C14H25N5O2S. The van der Waals surface area contributed by atoms with E-state index in [4.69, 9.17) is 0 Å². The predicted molar refractivity (Wildman–Crippen MR) is 83.5 cm³/mol. The zero-order valence-corrected chi connectivity index (χ0v) is 14.0. The topological polar surface area (TPSA) is 71.3 Å². The summed E-state index contributed by atoms with van der Waals surface area (Å²) in [6.45, 7) is 2.46. The lowest BCUT2D eigenvalue weighted by Crippen LogP contribution is -2.48. The van der Waals surface area contributed by atoms with Crippen LogP contribution < -0.4 is 0 Å². The normalized spacial score (nSPS) is 26.0. The van der Waals surface area contributed by atoms with E-state index in [1.165, 1.54) is 0 Å². The molecule has 0 N–H and O–H groups in total. The van der Waals surface area contributed by atoms with Crippen LogP contribution in [0.15, 0.2) is 6.33 Å². The van der Waals surface area contributed by atoms with Crippen molar-refractivity contribution >= 4 is 10.2 Å². The highest BCUT2D eigenvalue weighted by atomic mass is 32.2. The molecule has 0 radical (unpaired) electrons. The molecule has 124 valence electrons. The Morgan fingerprint density at radius 2 is 1.73 bits per heavy atom. The van der Waals surface area contributed by atoms with E-state index in [9.17, 15) is 8.42 Å². The van der Waals surface area contributed by atoms with E-state index in [2.05, 4.69) is 10.2 Å². The summed E-state index contributed by atoms with van der Waals surface area (Å²) < 4.78 is 31.0. The van der Waals surface area contributed by atoms with Gasteiger partial charge >= 0.3 is 0 Å². The van der Waals surface area contributed by atoms with E-state index in [1.807, 2.05) is 11.6 Å². The SMILES string of the molecule is Cn1cnnc1[C@@H]1CCCN(S(=O)(=O)N2CCCCCC2)C1. The largest absolute Gasteiger partial charge is 0.320 e. The van der Waals surface area contributed by atoms with Crippen LogP contribution in [-0.2, 0) is 17.3 Å². The van der Waals surface area contributed by atoms with Crippen LogP contribution in [-0.4, -0.2) is 58.0 Å². The molecule has 2 aliphatic heterocycles. The standard InChI is InChI=1S/C14H25N5O2S/c1-17-12-15-16-14(17)13-7-6-10-19(11-13)22(20,21)18-8-4-2-3-5-9-18/h12-13H,2-11H2,1H3/t13-/m1/s1. The lowest BCUT2D eigenvalue weighted by molar-refractivity contribution is 0.278. The average Bonchev–Trinajstić information content (AvgIpc) is 2.77. The third-order valence-electron chi connectivity index (χ3n) is 4.71. The molecule has 1 aromatic rings. The molecule has 0 aliphatic carbocycles. The molecule has 2 saturated heterocycles. The maximum absolute atomic E-state index is 12.9. The smallest absolute Gasteiger partial charge is 0.281 e. The second kappa shape index (κ2) is 6.64. The number of hydrogen-bond acceptors (Lipinski definition) is 4. The zero-order valence-electron chi connectivity index (χ0n) is 13.2. The van der Waals surface area contributed by atoms with Crippen molar-refractivity contribution in [2.24, 2.45) is 7.05 Å². The van der Waals surface area contributed by atoms with E-state index >= 15 is 0 Å². The third-order valence-corrected chi connectivity index (χ3v) is 6.72. The number of hydrogen-bond donors (Lipinski definition) is 0. The van der Waals surface area contributed by atoms with Crippen molar-refractivity contribution in [3.8, 4) is 0 Å². The number of piperidine rings is 1. The van der Waals surface area contributed by atoms with Crippen molar-refractivity contribution in [1.29, 1.82) is 0 Å². The summed E-state index contributed by atoms with van der Waals surface area (Å²) in [5, 5.41) is 8.08. The van der Waals surface area contributed by atoms with Gasteiger partial charge in [-0.25, -0.2) is 0 Å². The van der Waals surface area contributed by atoms with Gasteiger partial charge in [0.25, 0.3) is 10.2 Å². The minimum absolute atomic E-state index is 0.142. The molecule has 3 heterocycles. The Balaban J connectivity index is 1.74. The summed E-state index contributed by atoms with van der Waals surface area (Å²) in [7, 11) is -1.42. The molecule has 22 heavy (non-hydrogen) atoms. The predicted octanol–water partition coefficient (Wildman–Crippen LogP) is 1.12. The lowest BCUT2D eigenvalue weighted by atomic mass is 9.99. The minimum Gasteiger partial charge on any atom is -0.320 e. The monoisotopic (exact) mass is 327 g/mol. The van der Waals surface area contributed by atoms with E-state index in [0.29, 0.717) is 26.2 Å². The first kappa shape index (κ1) is 15.9. The molecular weight excluding hydrogens is 302 g/mol. The molecule has 0 spiro atoms. The Morgan fingerprint density at radius 1 is 1.05 bits per heavy atom. The van der Waals surface area contributed by atoms with Gasteiger partial charge in [0.15, 0.2) is 0 Å². The first-order valence-corrected chi connectivity index (χ1v) is 9.58. The zero-order chi connectivity index (χ0) is 15.6. The van der Waals surface area contributed by atoms with Crippen LogP contribution in [0.3, 0.4) is 0 Å². The van der Waals surface area contributed by atoms with Gasteiger partial charge in [-0.2, -0.15) is 17.0 Å². The highest BCUT2D eigenvalue weighted by molar-refractivity contribution is 7.86. The van der Waals surface area contributed by atoms with Gasteiger partial charge < -0.3 is 4.57 Å². The van der Waals surface area contributed by atoms with Gasteiger partial charge in [-0.1, -0.05) is 12.8 Å². The van der Waals surface area contributed by atoms with Crippen molar-refractivity contribution in [3.63, 3.8) is 0 Å². The molecule has 2 aliphatic rings. The van der Waals surface area contributed by atoms with Gasteiger partial charge in [-0.3, -0.25) is 0 Å². The van der Waals surface area contributed by atoms with Gasteiger partial charge in [-0.15, -0.1) is 10.2 Å². The van der Waals surface area contributed by atoms with Crippen LogP contribution >= 0.6 is 0 Å². The quantitative estimate of drug-likeness (QED) is 0.834. The van der Waals surface area contributed by atoms with Gasteiger partial charge in [0, 0.05) is 39.1 Å². The van der Waals surface area contributed by atoms with E-state index in [1.54, 1.807) is 14.9 Å². The summed E-state index contributed by atoms with van der Waals surface area (Å²) in [5.74, 6) is 1.03. The molecule has 1 aromatic heterocycles. The van der Waals surface area contributed by atoms with Crippen LogP contribution in [0.4, 0.5) is 0 Å². The molecule has 1 atom stereocenters. The summed E-state index contributed by atoms with van der Waals surface area (Å²) in [6, 6.07) is 0. The molecule has 7 nitrogen and oxygen atoms in total. The molecule has 0 aromatic carbocycles. The van der Waals surface area contributed by atoms with Crippen LogP contribution in [0.1, 0.15) is 50.3 Å². The second-order valence-corrected chi connectivity index (χ2v) is 8.25. The maximum Gasteiger partial charge on any atom is 0.281 e. The summed E-state index contributed by atoms with van der Waals surface area (Å²) in [6.07, 6.45) is 7.74. The van der Waals surface area contributed by atoms with E-state index in [0.717, 1.165) is 44.3 Å². The highest BCUT2D eigenvalue weighted by Gasteiger charge is 2.35. The van der Waals surface area contributed by atoms with Gasteiger partial charge in [0.05, 0.1) is 0 Å². The van der Waals surface area contributed by atoms with E-state index < -0.39 is 10.2 Å². The van der Waals surface area contributed by atoms with Crippen LogP contribution in [0.5, 0.6) is 0 Å². The number of rotatable bonds is 3. The summed E-state index contributed by atoms with van der Waals surface area (Å²) >= 11 is 0. The van der Waals surface area contributed by atoms with Crippen molar-refractivity contribution in [3.05, 3.63) is 12.2 Å². The fourth-order valence-corrected chi connectivity index (χ4v) is 5.23. The Morgan fingerprint density at radius 3 is 2.36 bits per heavy atom. The maximum atomic E-state index is 12.9. The Hall–Kier alpha value is -0.990. The minimum atomic E-state index is -3.34. The van der Waals surface area contributed by atoms with Gasteiger partial charge in [0.1, 0.15) is 12.2 Å². The lowest BCUT2D eigenvalue weighted by Gasteiger charge is -2.34. The molecule has 3 rings (SSSR count). The Labute approximate surface area is 132 Å². The van der Waals surface area contributed by atoms with Crippen LogP contribution in [0.2, 0.25) is 0 Å². The second-order valence-electron chi connectivity index (χ2n) is 6.32. The van der Waals surface area contributed by atoms with E-state index in [-0.39, 0.29) is 5.92 Å². The molecule has 8 heteroatoms. The van der Waals surface area contributed by atoms with Gasteiger partial charge in [0.2, 0.25) is 0 Å². The Bertz CT molecular complexity index is 592. The first-order valence-electron chi connectivity index (χ1n) is 8.18. The first-order chi connectivity index (χ1) is 10.6. The fourth-order valence-electron chi connectivity index (χ4n) is 3.46. The van der Waals surface area contributed by atoms with Gasteiger partial charge in [-0.05, 0) is 25.7 Å². The van der Waals surface area contributed by atoms with Crippen molar-refractivity contribution in [1.82, 2.24) is 23.4 Å².